The van der Waals surface area contributed by atoms with Crippen LogP contribution in [0.2, 0.25) is 0 Å². The number of hydrogen-bond acceptors (Lipinski definition) is 5. The number of hydrogen-bond donors (Lipinski definition) is 0. The monoisotopic (exact) mass is 405 g/mol. The molecule has 3 aromatic rings. The zero-order chi connectivity index (χ0) is 20.9. The first-order valence-electron chi connectivity index (χ1n) is 10.6. The third kappa shape index (κ3) is 4.37. The van der Waals surface area contributed by atoms with Gasteiger partial charge in [-0.05, 0) is 49.6 Å². The summed E-state index contributed by atoms with van der Waals surface area (Å²) in [6.45, 7) is 5.28. The maximum absolute atomic E-state index is 12.6. The van der Waals surface area contributed by atoms with Crippen molar-refractivity contribution in [2.75, 3.05) is 18.1 Å². The van der Waals surface area contributed by atoms with Gasteiger partial charge in [0.15, 0.2) is 0 Å². The van der Waals surface area contributed by atoms with Gasteiger partial charge in [-0.3, -0.25) is 4.79 Å². The van der Waals surface area contributed by atoms with Gasteiger partial charge in [-0.15, -0.1) is 0 Å². The summed E-state index contributed by atoms with van der Waals surface area (Å²) in [5, 5.41) is 4.12. The normalized spacial score (nSPS) is 16.3. The van der Waals surface area contributed by atoms with Crippen molar-refractivity contribution in [1.29, 1.82) is 0 Å². The molecule has 1 atom stereocenters. The van der Waals surface area contributed by atoms with Crippen LogP contribution in [0, 0.1) is 0 Å². The zero-order valence-corrected chi connectivity index (χ0v) is 17.5. The number of aromatic nitrogens is 2. The molecule has 156 valence electrons. The van der Waals surface area contributed by atoms with E-state index in [-0.39, 0.29) is 11.8 Å². The molecule has 1 aromatic heterocycles. The van der Waals surface area contributed by atoms with Crippen molar-refractivity contribution in [1.82, 2.24) is 10.1 Å². The highest BCUT2D eigenvalue weighted by molar-refractivity contribution is 5.96. The molecule has 30 heavy (non-hydrogen) atoms. The van der Waals surface area contributed by atoms with E-state index in [1.807, 2.05) is 48.2 Å². The molecule has 6 nitrogen and oxygen atoms in total. The van der Waals surface area contributed by atoms with E-state index >= 15 is 0 Å². The number of nitrogens with zero attached hydrogens (tertiary/aromatic N) is 3. The highest BCUT2D eigenvalue weighted by Crippen LogP contribution is 2.32. The molecule has 0 N–H and O–H groups in total. The molecule has 0 spiro atoms. The first-order valence-corrected chi connectivity index (χ1v) is 10.6. The van der Waals surface area contributed by atoms with E-state index in [9.17, 15) is 4.79 Å². The molecule has 0 saturated carbocycles. The third-order valence-electron chi connectivity index (χ3n) is 5.39. The number of rotatable bonds is 8. The van der Waals surface area contributed by atoms with Gasteiger partial charge in [-0.2, -0.15) is 4.98 Å². The molecule has 2 heterocycles. The van der Waals surface area contributed by atoms with Crippen LogP contribution >= 0.6 is 0 Å². The minimum absolute atomic E-state index is 0.0828. The summed E-state index contributed by atoms with van der Waals surface area (Å²) in [5.41, 5.74) is 3.06. The van der Waals surface area contributed by atoms with E-state index in [2.05, 4.69) is 29.2 Å². The number of carbonyl (C=O) groups is 1. The topological polar surface area (TPSA) is 68.5 Å². The molecule has 1 aliphatic rings. The Labute approximate surface area is 176 Å². The first kappa shape index (κ1) is 20.1. The number of unbranched alkanes of at least 4 members (excludes halogenated alkanes) is 1. The fourth-order valence-corrected chi connectivity index (χ4v) is 3.76. The smallest absolute Gasteiger partial charge is 0.232 e. The van der Waals surface area contributed by atoms with Crippen LogP contribution in [-0.4, -0.2) is 29.2 Å². The summed E-state index contributed by atoms with van der Waals surface area (Å²) in [7, 11) is 0. The summed E-state index contributed by atoms with van der Waals surface area (Å²) in [5.74, 6) is 1.76. The Morgan fingerprint density at radius 2 is 2.00 bits per heavy atom. The van der Waals surface area contributed by atoms with Crippen LogP contribution in [-0.2, 0) is 11.2 Å². The predicted octanol–water partition coefficient (Wildman–Crippen LogP) is 5.00. The van der Waals surface area contributed by atoms with E-state index in [0.29, 0.717) is 31.3 Å². The quantitative estimate of drug-likeness (QED) is 0.528. The number of ether oxygens (including phenoxy) is 1. The van der Waals surface area contributed by atoms with Gasteiger partial charge < -0.3 is 14.2 Å². The predicted molar refractivity (Wildman–Crippen MR) is 116 cm³/mol. The van der Waals surface area contributed by atoms with Crippen molar-refractivity contribution < 1.29 is 14.1 Å². The van der Waals surface area contributed by atoms with Crippen molar-refractivity contribution in [2.24, 2.45) is 0 Å². The summed E-state index contributed by atoms with van der Waals surface area (Å²) in [6, 6.07) is 15.9. The van der Waals surface area contributed by atoms with Crippen LogP contribution in [0.25, 0.3) is 11.4 Å². The molecule has 1 saturated heterocycles. The Morgan fingerprint density at radius 1 is 1.17 bits per heavy atom. The summed E-state index contributed by atoms with van der Waals surface area (Å²) in [4.78, 5) is 19.0. The minimum Gasteiger partial charge on any atom is -0.494 e. The molecule has 0 aliphatic carbocycles. The van der Waals surface area contributed by atoms with E-state index < -0.39 is 0 Å². The SMILES string of the molecule is CCCCc1ccc(N2CC(c3nc(-c4cccc(OCC)c4)no3)CC2=O)cc1. The van der Waals surface area contributed by atoms with Gasteiger partial charge in [0.25, 0.3) is 0 Å². The van der Waals surface area contributed by atoms with Crippen molar-refractivity contribution in [3.05, 3.63) is 60.0 Å². The average molecular weight is 405 g/mol. The number of aryl methyl sites for hydroxylation is 1. The van der Waals surface area contributed by atoms with E-state index in [1.54, 1.807) is 0 Å². The molecule has 1 amide bonds. The van der Waals surface area contributed by atoms with Gasteiger partial charge in [0, 0.05) is 24.2 Å². The standard InChI is InChI=1S/C24H27N3O3/c1-3-5-7-17-10-12-20(13-11-17)27-16-19(15-22(27)28)24-25-23(26-30-24)18-8-6-9-21(14-18)29-4-2/h6,8-14,19H,3-5,7,15-16H2,1-2H3. The lowest BCUT2D eigenvalue weighted by Gasteiger charge is -2.16. The lowest BCUT2D eigenvalue weighted by Crippen LogP contribution is -2.24. The van der Waals surface area contributed by atoms with Gasteiger partial charge in [0.2, 0.25) is 17.6 Å². The Morgan fingerprint density at radius 3 is 2.77 bits per heavy atom. The maximum Gasteiger partial charge on any atom is 0.232 e. The first-order chi connectivity index (χ1) is 14.7. The summed E-state index contributed by atoms with van der Waals surface area (Å²) in [6.07, 6.45) is 3.80. The van der Waals surface area contributed by atoms with E-state index in [0.717, 1.165) is 23.4 Å². The molecular formula is C24H27N3O3. The molecule has 0 radical (unpaired) electrons. The number of amides is 1. The van der Waals surface area contributed by atoms with Crippen molar-refractivity contribution in [3.63, 3.8) is 0 Å². The average Bonchev–Trinajstić information content (AvgIpc) is 3.40. The van der Waals surface area contributed by atoms with Crippen molar-refractivity contribution >= 4 is 11.6 Å². The van der Waals surface area contributed by atoms with Crippen LogP contribution in [0.5, 0.6) is 5.75 Å². The molecule has 2 aromatic carbocycles. The molecular weight excluding hydrogens is 378 g/mol. The minimum atomic E-state index is -0.103. The number of benzene rings is 2. The molecule has 1 aliphatic heterocycles. The van der Waals surface area contributed by atoms with Crippen LogP contribution in [0.15, 0.2) is 53.1 Å². The van der Waals surface area contributed by atoms with Gasteiger partial charge in [-0.1, -0.05) is 42.8 Å². The molecule has 0 bridgehead atoms. The second-order valence-corrected chi connectivity index (χ2v) is 7.59. The van der Waals surface area contributed by atoms with Crippen LogP contribution in [0.4, 0.5) is 5.69 Å². The van der Waals surface area contributed by atoms with E-state index in [4.69, 9.17) is 9.26 Å². The largest absolute Gasteiger partial charge is 0.494 e. The van der Waals surface area contributed by atoms with Gasteiger partial charge >= 0.3 is 0 Å². The van der Waals surface area contributed by atoms with Crippen LogP contribution < -0.4 is 9.64 Å². The van der Waals surface area contributed by atoms with Crippen LogP contribution in [0.1, 0.15) is 50.5 Å². The van der Waals surface area contributed by atoms with Crippen molar-refractivity contribution in [3.8, 4) is 17.1 Å². The Kier molecular flexibility index (Phi) is 6.12. The summed E-state index contributed by atoms with van der Waals surface area (Å²) < 4.78 is 11.1. The van der Waals surface area contributed by atoms with Gasteiger partial charge in [0.1, 0.15) is 5.75 Å². The molecule has 6 heteroatoms. The third-order valence-corrected chi connectivity index (χ3v) is 5.39. The number of carbonyl (C=O) groups excluding carboxylic acids is 1. The Bertz CT molecular complexity index is 997. The second-order valence-electron chi connectivity index (χ2n) is 7.59. The Balaban J connectivity index is 1.46. The summed E-state index contributed by atoms with van der Waals surface area (Å²) >= 11 is 0. The van der Waals surface area contributed by atoms with Crippen LogP contribution in [0.3, 0.4) is 0 Å². The van der Waals surface area contributed by atoms with Crippen molar-refractivity contribution in [2.45, 2.75) is 45.4 Å². The Hall–Kier alpha value is -3.15. The fraction of sp³-hybridized carbons (Fsp3) is 0.375. The van der Waals surface area contributed by atoms with Gasteiger partial charge in [-0.25, -0.2) is 0 Å². The highest BCUT2D eigenvalue weighted by Gasteiger charge is 2.35. The maximum atomic E-state index is 12.6. The lowest BCUT2D eigenvalue weighted by atomic mass is 10.1. The molecule has 1 unspecified atom stereocenters. The molecule has 4 rings (SSSR count). The van der Waals surface area contributed by atoms with E-state index in [1.165, 1.54) is 18.4 Å². The highest BCUT2D eigenvalue weighted by atomic mass is 16.5. The number of anilines is 1. The zero-order valence-electron chi connectivity index (χ0n) is 17.5. The second kappa shape index (κ2) is 9.11. The fourth-order valence-electron chi connectivity index (χ4n) is 3.76. The molecule has 1 fully saturated rings. The van der Waals surface area contributed by atoms with Gasteiger partial charge in [0.05, 0.1) is 12.5 Å². The lowest BCUT2D eigenvalue weighted by molar-refractivity contribution is -0.117.